The minimum atomic E-state index is -0.233. The number of benzene rings is 2. The molecule has 18 heavy (non-hydrogen) atoms. The number of rotatable bonds is 4. The Labute approximate surface area is 116 Å². The summed E-state index contributed by atoms with van der Waals surface area (Å²) in [6.45, 7) is -0.0361. The normalized spacial score (nSPS) is 12.2. The zero-order chi connectivity index (χ0) is 13.0. The van der Waals surface area contributed by atoms with Gasteiger partial charge in [-0.25, -0.2) is 0 Å². The molecule has 4 heteroatoms. The van der Waals surface area contributed by atoms with E-state index in [0.717, 1.165) is 11.3 Å². The molecule has 0 bridgehead atoms. The van der Waals surface area contributed by atoms with E-state index >= 15 is 0 Å². The van der Waals surface area contributed by atoms with Crippen LogP contribution in [0.2, 0.25) is 10.0 Å². The molecular weight excluding hydrogens is 269 g/mol. The summed E-state index contributed by atoms with van der Waals surface area (Å²) >= 11 is 11.9. The van der Waals surface area contributed by atoms with Gasteiger partial charge < -0.3 is 10.4 Å². The maximum atomic E-state index is 9.47. The highest BCUT2D eigenvalue weighted by molar-refractivity contribution is 6.34. The first-order valence-corrected chi connectivity index (χ1v) is 6.33. The predicted octanol–water partition coefficient (Wildman–Crippen LogP) is 4.14. The number of halogens is 2. The van der Waals surface area contributed by atoms with E-state index in [0.29, 0.717) is 10.0 Å². The first-order chi connectivity index (χ1) is 8.69. The molecule has 0 fully saturated rings. The molecule has 1 unspecified atom stereocenters. The van der Waals surface area contributed by atoms with Gasteiger partial charge in [-0.3, -0.25) is 0 Å². The molecule has 0 spiro atoms. The molecule has 2 aromatic rings. The van der Waals surface area contributed by atoms with E-state index in [1.807, 2.05) is 30.3 Å². The Morgan fingerprint density at radius 2 is 1.61 bits per heavy atom. The fraction of sp³-hybridized carbons (Fsp3) is 0.143. The largest absolute Gasteiger partial charge is 0.394 e. The van der Waals surface area contributed by atoms with Crippen LogP contribution in [-0.2, 0) is 0 Å². The number of aliphatic hydroxyl groups excluding tert-OH is 1. The predicted molar refractivity (Wildman–Crippen MR) is 76.4 cm³/mol. The third-order valence-electron chi connectivity index (χ3n) is 2.58. The molecule has 2 rings (SSSR count). The molecule has 0 heterocycles. The Kier molecular flexibility index (Phi) is 4.48. The van der Waals surface area contributed by atoms with Gasteiger partial charge in [0.2, 0.25) is 0 Å². The van der Waals surface area contributed by atoms with E-state index in [1.165, 1.54) is 0 Å². The quantitative estimate of drug-likeness (QED) is 0.883. The van der Waals surface area contributed by atoms with E-state index in [2.05, 4.69) is 5.32 Å². The van der Waals surface area contributed by atoms with Gasteiger partial charge in [-0.05, 0) is 35.9 Å². The van der Waals surface area contributed by atoms with Crippen molar-refractivity contribution in [2.24, 2.45) is 0 Å². The zero-order valence-corrected chi connectivity index (χ0v) is 11.1. The summed E-state index contributed by atoms with van der Waals surface area (Å²) in [4.78, 5) is 0. The second-order valence-corrected chi connectivity index (χ2v) is 4.82. The molecule has 0 radical (unpaired) electrons. The van der Waals surface area contributed by atoms with Crippen LogP contribution >= 0.6 is 23.2 Å². The molecule has 0 aliphatic rings. The molecule has 2 nitrogen and oxygen atoms in total. The van der Waals surface area contributed by atoms with E-state index in [1.54, 1.807) is 18.2 Å². The van der Waals surface area contributed by atoms with Crippen molar-refractivity contribution < 1.29 is 5.11 Å². The van der Waals surface area contributed by atoms with Gasteiger partial charge in [0.1, 0.15) is 0 Å². The minimum Gasteiger partial charge on any atom is -0.394 e. The molecule has 94 valence electrons. The van der Waals surface area contributed by atoms with Crippen LogP contribution in [0.15, 0.2) is 48.5 Å². The first kappa shape index (κ1) is 13.2. The number of aliphatic hydroxyl groups is 1. The van der Waals surface area contributed by atoms with Crippen LogP contribution in [0.1, 0.15) is 11.6 Å². The molecule has 0 amide bonds. The lowest BCUT2D eigenvalue weighted by Crippen LogP contribution is -2.14. The molecular formula is C14H13Cl2NO. The lowest BCUT2D eigenvalue weighted by Gasteiger charge is -2.18. The number of hydrogen-bond acceptors (Lipinski definition) is 2. The van der Waals surface area contributed by atoms with Crippen LogP contribution in [0, 0.1) is 0 Å². The summed E-state index contributed by atoms with van der Waals surface area (Å²) in [6.07, 6.45) is 0. The SMILES string of the molecule is OCC(Nc1ccccc1)c1cc(Cl)cc(Cl)c1. The molecule has 0 saturated heterocycles. The highest BCUT2D eigenvalue weighted by Gasteiger charge is 2.11. The van der Waals surface area contributed by atoms with Gasteiger partial charge in [-0.2, -0.15) is 0 Å². The highest BCUT2D eigenvalue weighted by Crippen LogP contribution is 2.25. The number of para-hydroxylation sites is 1. The van der Waals surface area contributed by atoms with Gasteiger partial charge in [0, 0.05) is 15.7 Å². The van der Waals surface area contributed by atoms with Crippen molar-refractivity contribution in [3.8, 4) is 0 Å². The van der Waals surface area contributed by atoms with Gasteiger partial charge in [-0.15, -0.1) is 0 Å². The summed E-state index contributed by atoms with van der Waals surface area (Å²) in [5.74, 6) is 0. The fourth-order valence-electron chi connectivity index (χ4n) is 1.75. The van der Waals surface area contributed by atoms with Crippen molar-refractivity contribution in [1.82, 2.24) is 0 Å². The first-order valence-electron chi connectivity index (χ1n) is 5.57. The van der Waals surface area contributed by atoms with Gasteiger partial charge in [0.05, 0.1) is 12.6 Å². The van der Waals surface area contributed by atoms with Crippen LogP contribution in [-0.4, -0.2) is 11.7 Å². The van der Waals surface area contributed by atoms with E-state index in [4.69, 9.17) is 23.2 Å². The van der Waals surface area contributed by atoms with Crippen LogP contribution < -0.4 is 5.32 Å². The molecule has 2 aromatic carbocycles. The molecule has 0 aromatic heterocycles. The Morgan fingerprint density at radius 3 is 2.17 bits per heavy atom. The lowest BCUT2D eigenvalue weighted by atomic mass is 10.1. The molecule has 0 aliphatic heterocycles. The van der Waals surface area contributed by atoms with Crippen LogP contribution in [0.3, 0.4) is 0 Å². The standard InChI is InChI=1S/C14H13Cl2NO/c15-11-6-10(7-12(16)8-11)14(9-18)17-13-4-2-1-3-5-13/h1-8,14,17-18H,9H2. The van der Waals surface area contributed by atoms with Crippen molar-refractivity contribution in [3.05, 3.63) is 64.1 Å². The maximum absolute atomic E-state index is 9.47. The van der Waals surface area contributed by atoms with Crippen molar-refractivity contribution >= 4 is 28.9 Å². The average molecular weight is 282 g/mol. The molecule has 2 N–H and O–H groups in total. The fourth-order valence-corrected chi connectivity index (χ4v) is 2.29. The summed E-state index contributed by atoms with van der Waals surface area (Å²) in [5.41, 5.74) is 1.80. The maximum Gasteiger partial charge on any atom is 0.0746 e. The molecule has 0 saturated carbocycles. The van der Waals surface area contributed by atoms with Crippen molar-refractivity contribution in [2.45, 2.75) is 6.04 Å². The Bertz CT molecular complexity index is 496. The number of hydrogen-bond donors (Lipinski definition) is 2. The smallest absolute Gasteiger partial charge is 0.0746 e. The Hall–Kier alpha value is -1.22. The van der Waals surface area contributed by atoms with E-state index < -0.39 is 0 Å². The third kappa shape index (κ3) is 3.39. The van der Waals surface area contributed by atoms with Gasteiger partial charge in [-0.1, -0.05) is 41.4 Å². The Balaban J connectivity index is 2.23. The van der Waals surface area contributed by atoms with Gasteiger partial charge in [0.25, 0.3) is 0 Å². The Morgan fingerprint density at radius 1 is 1.00 bits per heavy atom. The number of anilines is 1. The van der Waals surface area contributed by atoms with Crippen LogP contribution in [0.25, 0.3) is 0 Å². The molecule has 0 aliphatic carbocycles. The monoisotopic (exact) mass is 281 g/mol. The average Bonchev–Trinajstić information content (AvgIpc) is 2.36. The second-order valence-electron chi connectivity index (χ2n) is 3.95. The van der Waals surface area contributed by atoms with Crippen molar-refractivity contribution in [1.29, 1.82) is 0 Å². The highest BCUT2D eigenvalue weighted by atomic mass is 35.5. The van der Waals surface area contributed by atoms with Crippen LogP contribution in [0.4, 0.5) is 5.69 Å². The summed E-state index contributed by atoms with van der Waals surface area (Å²) in [6, 6.07) is 14.7. The van der Waals surface area contributed by atoms with Gasteiger partial charge in [0.15, 0.2) is 0 Å². The third-order valence-corrected chi connectivity index (χ3v) is 3.02. The second kappa shape index (κ2) is 6.10. The zero-order valence-electron chi connectivity index (χ0n) is 9.61. The van der Waals surface area contributed by atoms with Crippen LogP contribution in [0.5, 0.6) is 0 Å². The summed E-state index contributed by atoms with van der Waals surface area (Å²) in [7, 11) is 0. The van der Waals surface area contributed by atoms with Crippen molar-refractivity contribution in [2.75, 3.05) is 11.9 Å². The van der Waals surface area contributed by atoms with E-state index in [-0.39, 0.29) is 12.6 Å². The topological polar surface area (TPSA) is 32.3 Å². The summed E-state index contributed by atoms with van der Waals surface area (Å²) in [5, 5.41) is 13.8. The van der Waals surface area contributed by atoms with E-state index in [9.17, 15) is 5.11 Å². The molecule has 1 atom stereocenters. The van der Waals surface area contributed by atoms with Gasteiger partial charge >= 0.3 is 0 Å². The lowest BCUT2D eigenvalue weighted by molar-refractivity contribution is 0.276. The van der Waals surface area contributed by atoms with Crippen molar-refractivity contribution in [3.63, 3.8) is 0 Å². The summed E-state index contributed by atoms with van der Waals surface area (Å²) < 4.78 is 0. The number of nitrogens with one attached hydrogen (secondary N) is 1. The minimum absolute atomic E-state index is 0.0361.